The third-order valence-corrected chi connectivity index (χ3v) is 3.90. The number of anilines is 1. The van der Waals surface area contributed by atoms with Gasteiger partial charge >= 0.3 is 0 Å². The van der Waals surface area contributed by atoms with Gasteiger partial charge < -0.3 is 21.1 Å². The largest absolute Gasteiger partial charge is 0.511 e. The van der Waals surface area contributed by atoms with Crippen LogP contribution in [0.5, 0.6) is 0 Å². The van der Waals surface area contributed by atoms with Gasteiger partial charge in [-0.1, -0.05) is 0 Å². The molecule has 5 heteroatoms. The second kappa shape index (κ2) is 3.99. The maximum absolute atomic E-state index is 9.51. The normalized spacial score (nSPS) is 24.0. The summed E-state index contributed by atoms with van der Waals surface area (Å²) >= 11 is 0. The molecule has 3 aliphatic rings. The van der Waals surface area contributed by atoms with Crippen LogP contribution in [0.3, 0.4) is 0 Å². The molecule has 0 bridgehead atoms. The Labute approximate surface area is 110 Å². The monoisotopic (exact) mass is 256 g/mol. The van der Waals surface area contributed by atoms with Gasteiger partial charge in [-0.15, -0.1) is 0 Å². The maximum atomic E-state index is 9.51. The summed E-state index contributed by atoms with van der Waals surface area (Å²) < 4.78 is 0. The number of hydrogen-bond acceptors (Lipinski definition) is 5. The van der Waals surface area contributed by atoms with E-state index in [1.54, 1.807) is 6.20 Å². The predicted molar refractivity (Wildman–Crippen MR) is 73.2 cm³/mol. The molecule has 0 aromatic heterocycles. The van der Waals surface area contributed by atoms with Crippen molar-refractivity contribution in [2.75, 3.05) is 18.4 Å². The van der Waals surface area contributed by atoms with E-state index < -0.39 is 0 Å². The topological polar surface area (TPSA) is 68.7 Å². The fourth-order valence-electron chi connectivity index (χ4n) is 2.65. The Morgan fingerprint density at radius 1 is 1.32 bits per heavy atom. The van der Waals surface area contributed by atoms with Crippen LogP contribution in [-0.2, 0) is 0 Å². The molecule has 98 valence electrons. The molecular weight excluding hydrogens is 240 g/mol. The summed E-state index contributed by atoms with van der Waals surface area (Å²) in [6.07, 6.45) is 4.23. The molecule has 3 aliphatic heterocycles. The molecule has 0 radical (unpaired) electrons. The van der Waals surface area contributed by atoms with Crippen molar-refractivity contribution in [1.29, 1.82) is 0 Å². The van der Waals surface area contributed by atoms with Gasteiger partial charge in [0.25, 0.3) is 0 Å². The minimum atomic E-state index is 0.166. The van der Waals surface area contributed by atoms with Gasteiger partial charge in [0.2, 0.25) is 0 Å². The minimum Gasteiger partial charge on any atom is -0.511 e. The number of aliphatic hydroxyl groups is 1. The molecule has 0 saturated carbocycles. The smallest absolute Gasteiger partial charge is 0.110 e. The number of aliphatic hydroxyl groups excluding tert-OH is 1. The van der Waals surface area contributed by atoms with Crippen molar-refractivity contribution in [1.82, 2.24) is 10.6 Å². The van der Waals surface area contributed by atoms with Crippen LogP contribution in [0.4, 0.5) is 5.69 Å². The van der Waals surface area contributed by atoms with Crippen molar-refractivity contribution in [2.24, 2.45) is 4.99 Å². The minimum absolute atomic E-state index is 0.166. The summed E-state index contributed by atoms with van der Waals surface area (Å²) in [5.41, 5.74) is 2.30. The van der Waals surface area contributed by atoms with Gasteiger partial charge in [0.1, 0.15) is 5.76 Å². The van der Waals surface area contributed by atoms with Crippen LogP contribution >= 0.6 is 0 Å². The maximum Gasteiger partial charge on any atom is 0.110 e. The fraction of sp³-hybridized carbons (Fsp3) is 0.357. The number of nitrogens with zero attached hydrogens (tertiary/aromatic N) is 1. The highest BCUT2D eigenvalue weighted by atomic mass is 16.3. The number of rotatable bonds is 3. The van der Waals surface area contributed by atoms with Crippen LogP contribution in [-0.4, -0.2) is 24.2 Å². The highest BCUT2D eigenvalue weighted by Gasteiger charge is 2.22. The van der Waals surface area contributed by atoms with Crippen LogP contribution in [0.25, 0.3) is 6.20 Å². The van der Waals surface area contributed by atoms with Crippen molar-refractivity contribution in [2.45, 2.75) is 18.5 Å². The lowest BCUT2D eigenvalue weighted by atomic mass is 10.0. The van der Waals surface area contributed by atoms with Crippen LogP contribution in [0.2, 0.25) is 0 Å². The van der Waals surface area contributed by atoms with Gasteiger partial charge in [-0.2, -0.15) is 0 Å². The summed E-state index contributed by atoms with van der Waals surface area (Å²) in [6, 6.07) is 4.96. The predicted octanol–water partition coefficient (Wildman–Crippen LogP) is -0.125. The summed E-state index contributed by atoms with van der Waals surface area (Å²) in [5.74, 6) is 0.416. The molecule has 1 aromatic carbocycles. The van der Waals surface area contributed by atoms with Crippen LogP contribution in [0.1, 0.15) is 18.0 Å². The zero-order chi connectivity index (χ0) is 12.8. The molecule has 4 rings (SSSR count). The molecular formula is C14H16N4O. The van der Waals surface area contributed by atoms with Gasteiger partial charge in [-0.25, -0.2) is 0 Å². The molecule has 19 heavy (non-hydrogen) atoms. The Morgan fingerprint density at radius 2 is 2.21 bits per heavy atom. The SMILES string of the molecule is OC1=CNC(c2cc(NC3CNC3)c3c(c2)=CN=3)C1. The number of fused-ring (bicyclic) bond motifs is 1. The Hall–Kier alpha value is -2.01. The Balaban J connectivity index is 1.66. The van der Waals surface area contributed by atoms with Gasteiger partial charge in [0.05, 0.1) is 23.1 Å². The van der Waals surface area contributed by atoms with Crippen molar-refractivity contribution in [3.63, 3.8) is 0 Å². The van der Waals surface area contributed by atoms with E-state index in [2.05, 4.69) is 33.1 Å². The molecule has 1 saturated heterocycles. The zero-order valence-electron chi connectivity index (χ0n) is 10.5. The lowest BCUT2D eigenvalue weighted by Gasteiger charge is -2.29. The second-order valence-electron chi connectivity index (χ2n) is 5.32. The van der Waals surface area contributed by atoms with Crippen molar-refractivity contribution in [3.05, 3.63) is 40.2 Å². The first-order valence-electron chi connectivity index (χ1n) is 6.63. The van der Waals surface area contributed by atoms with Crippen molar-refractivity contribution in [3.8, 4) is 0 Å². The van der Waals surface area contributed by atoms with Crippen LogP contribution in [0, 0.1) is 0 Å². The third-order valence-electron chi connectivity index (χ3n) is 3.90. The van der Waals surface area contributed by atoms with E-state index in [0.717, 1.165) is 24.1 Å². The highest BCUT2D eigenvalue weighted by molar-refractivity contribution is 5.53. The van der Waals surface area contributed by atoms with Crippen LogP contribution < -0.4 is 26.5 Å². The van der Waals surface area contributed by atoms with Crippen LogP contribution in [0.15, 0.2) is 29.1 Å². The zero-order valence-corrected chi connectivity index (χ0v) is 10.5. The Kier molecular flexibility index (Phi) is 2.29. The van der Waals surface area contributed by atoms with Gasteiger partial charge in [0, 0.05) is 37.1 Å². The Bertz CT molecular complexity index is 675. The second-order valence-corrected chi connectivity index (χ2v) is 5.32. The molecule has 0 amide bonds. The van der Waals surface area contributed by atoms with Crippen molar-refractivity contribution >= 4 is 11.9 Å². The van der Waals surface area contributed by atoms with Gasteiger partial charge in [-0.05, 0) is 17.7 Å². The molecule has 1 fully saturated rings. The molecule has 1 aromatic rings. The molecule has 5 nitrogen and oxygen atoms in total. The number of nitrogens with one attached hydrogen (secondary N) is 3. The van der Waals surface area contributed by atoms with E-state index in [-0.39, 0.29) is 6.04 Å². The summed E-state index contributed by atoms with van der Waals surface area (Å²) in [5, 5.41) is 21.7. The number of benzene rings is 1. The molecule has 3 heterocycles. The average Bonchev–Trinajstić information content (AvgIpc) is 2.72. The molecule has 0 spiro atoms. The van der Waals surface area contributed by atoms with Gasteiger partial charge in [0.15, 0.2) is 0 Å². The van der Waals surface area contributed by atoms with E-state index in [1.807, 2.05) is 6.20 Å². The number of hydrogen-bond donors (Lipinski definition) is 4. The average molecular weight is 256 g/mol. The summed E-state index contributed by atoms with van der Waals surface area (Å²) in [4.78, 5) is 4.34. The Morgan fingerprint density at radius 3 is 2.79 bits per heavy atom. The first-order chi connectivity index (χ1) is 9.29. The summed E-state index contributed by atoms with van der Waals surface area (Å²) in [6.45, 7) is 2.01. The van der Waals surface area contributed by atoms with Gasteiger partial charge in [-0.3, -0.25) is 4.99 Å². The van der Waals surface area contributed by atoms with Crippen molar-refractivity contribution < 1.29 is 5.11 Å². The standard InChI is InChI=1S/C14H16N4O/c19-11-3-12(16-7-11)8-1-9-4-17-14(9)13(2-8)18-10-5-15-6-10/h1-2,4,7,10,12,15-16,18-19H,3,5-6H2. The quantitative estimate of drug-likeness (QED) is 0.608. The van der Waals surface area contributed by atoms with E-state index in [1.165, 1.54) is 10.8 Å². The first-order valence-corrected chi connectivity index (χ1v) is 6.63. The lowest BCUT2D eigenvalue weighted by Crippen LogP contribution is -2.52. The first kappa shape index (κ1) is 10.9. The molecule has 1 atom stereocenters. The molecule has 1 unspecified atom stereocenters. The van der Waals surface area contributed by atoms with E-state index in [0.29, 0.717) is 18.2 Å². The third kappa shape index (κ3) is 1.77. The van der Waals surface area contributed by atoms with E-state index in [4.69, 9.17) is 0 Å². The highest BCUT2D eigenvalue weighted by Crippen LogP contribution is 2.25. The van der Waals surface area contributed by atoms with E-state index >= 15 is 0 Å². The molecule has 0 aliphatic carbocycles. The van der Waals surface area contributed by atoms with E-state index in [9.17, 15) is 5.11 Å². The molecule has 4 N–H and O–H groups in total. The fourth-order valence-corrected chi connectivity index (χ4v) is 2.65. The summed E-state index contributed by atoms with van der Waals surface area (Å²) in [7, 11) is 0. The lowest BCUT2D eigenvalue weighted by molar-refractivity contribution is 0.390.